The van der Waals surface area contributed by atoms with Crippen molar-refractivity contribution in [2.45, 2.75) is 95.9 Å². The Morgan fingerprint density at radius 3 is 2.67 bits per heavy atom. The van der Waals surface area contributed by atoms with E-state index < -0.39 is 34.6 Å². The lowest BCUT2D eigenvalue weighted by atomic mass is 9.64. The smallest absolute Gasteiger partial charge is 0.416 e. The topological polar surface area (TPSA) is 66.8 Å². The van der Waals surface area contributed by atoms with Crippen LogP contribution in [0.3, 0.4) is 0 Å². The van der Waals surface area contributed by atoms with Crippen molar-refractivity contribution in [3.05, 3.63) is 81.9 Å². The Labute approximate surface area is 245 Å². The molecule has 42 heavy (non-hydrogen) atoms. The number of rotatable bonds is 4. The van der Waals surface area contributed by atoms with Crippen LogP contribution < -0.4 is 0 Å². The van der Waals surface area contributed by atoms with Gasteiger partial charge in [-0.05, 0) is 93.5 Å². The minimum Gasteiger partial charge on any atom is -0.440 e. The highest BCUT2D eigenvalue weighted by molar-refractivity contribution is 6.10. The highest BCUT2D eigenvalue weighted by Gasteiger charge is 2.63. The van der Waals surface area contributed by atoms with Crippen molar-refractivity contribution in [2.75, 3.05) is 13.1 Å². The zero-order valence-electron chi connectivity index (χ0n) is 24.6. The van der Waals surface area contributed by atoms with E-state index in [1.807, 2.05) is 19.1 Å². The van der Waals surface area contributed by atoms with Crippen molar-refractivity contribution in [1.82, 2.24) is 4.90 Å². The second-order valence-corrected chi connectivity index (χ2v) is 12.6. The number of halogens is 3. The van der Waals surface area contributed by atoms with E-state index in [0.717, 1.165) is 42.5 Å². The lowest BCUT2D eigenvalue weighted by Gasteiger charge is -2.43. The van der Waals surface area contributed by atoms with Gasteiger partial charge in [-0.15, -0.1) is 0 Å². The second-order valence-electron chi connectivity index (χ2n) is 12.6. The summed E-state index contributed by atoms with van der Waals surface area (Å²) in [7, 11) is 0. The van der Waals surface area contributed by atoms with Gasteiger partial charge >= 0.3 is 12.3 Å². The molecule has 1 saturated carbocycles. The summed E-state index contributed by atoms with van der Waals surface area (Å²) in [6.45, 7) is 7.34. The number of hydrogen-bond donors (Lipinski definition) is 1. The zero-order valence-corrected chi connectivity index (χ0v) is 24.6. The molecule has 4 atom stereocenters. The number of allylic oxidation sites excluding steroid dienone is 2. The molecule has 3 aliphatic carbocycles. The van der Waals surface area contributed by atoms with E-state index in [2.05, 4.69) is 19.9 Å². The van der Waals surface area contributed by atoms with Crippen LogP contribution >= 0.6 is 0 Å². The molecule has 226 valence electrons. The molecule has 1 heterocycles. The van der Waals surface area contributed by atoms with Crippen LogP contribution in [0.1, 0.15) is 104 Å². The SMILES string of the molecule is CCCN1C[C@@]2(CC[C@H]3c4ccc(cc4C(=O)c4cccc(C(F)(F)F)c4)C[C@@H](O)CCC(C)=CCC[C@@]32C)OC1=O. The second kappa shape index (κ2) is 11.5. The average molecular weight is 584 g/mol. The number of benzene rings is 2. The van der Waals surface area contributed by atoms with Crippen molar-refractivity contribution in [3.8, 4) is 0 Å². The molecule has 2 aromatic carbocycles. The first-order valence-corrected chi connectivity index (χ1v) is 15.0. The van der Waals surface area contributed by atoms with Gasteiger partial charge in [0.1, 0.15) is 5.60 Å². The normalized spacial score (nSPS) is 28.4. The number of ether oxygens (including phenoxy) is 1. The van der Waals surface area contributed by atoms with Crippen LogP contribution in [0.15, 0.2) is 54.1 Å². The third-order valence-electron chi connectivity index (χ3n) is 9.82. The maximum absolute atomic E-state index is 14.1. The largest absolute Gasteiger partial charge is 0.440 e. The van der Waals surface area contributed by atoms with Crippen molar-refractivity contribution in [2.24, 2.45) is 5.41 Å². The summed E-state index contributed by atoms with van der Waals surface area (Å²) in [6.07, 6.45) is 1.94. The van der Waals surface area contributed by atoms with Crippen molar-refractivity contribution in [1.29, 1.82) is 0 Å². The van der Waals surface area contributed by atoms with E-state index in [0.29, 0.717) is 50.8 Å². The fraction of sp³-hybridized carbons (Fsp3) is 0.529. The molecular formula is C34H40F3NO4. The fourth-order valence-corrected chi connectivity index (χ4v) is 7.42. The van der Waals surface area contributed by atoms with Gasteiger partial charge in [0.05, 0.1) is 18.2 Å². The highest BCUT2D eigenvalue weighted by Crippen LogP contribution is 2.61. The summed E-state index contributed by atoms with van der Waals surface area (Å²) in [5.74, 6) is -0.637. The first-order chi connectivity index (χ1) is 19.9. The van der Waals surface area contributed by atoms with Crippen LogP contribution in [0, 0.1) is 5.41 Å². The Balaban J connectivity index is 1.64. The first kappa shape index (κ1) is 30.3. The minimum atomic E-state index is -4.57. The first-order valence-electron chi connectivity index (χ1n) is 15.0. The van der Waals surface area contributed by atoms with Gasteiger partial charge in [0.25, 0.3) is 0 Å². The molecule has 1 spiro atoms. The quantitative estimate of drug-likeness (QED) is 0.294. The lowest BCUT2D eigenvalue weighted by molar-refractivity contribution is -0.137. The molecule has 4 aliphatic rings. The van der Waals surface area contributed by atoms with Crippen LogP contribution in [0.25, 0.3) is 0 Å². The third-order valence-corrected chi connectivity index (χ3v) is 9.82. The molecule has 2 bridgehead atoms. The Kier molecular flexibility index (Phi) is 8.31. The summed E-state index contributed by atoms with van der Waals surface area (Å²) >= 11 is 0. The van der Waals surface area contributed by atoms with E-state index in [-0.39, 0.29) is 17.6 Å². The molecule has 1 amide bonds. The van der Waals surface area contributed by atoms with Crippen LogP contribution in [0.5, 0.6) is 0 Å². The predicted molar refractivity (Wildman–Crippen MR) is 154 cm³/mol. The summed E-state index contributed by atoms with van der Waals surface area (Å²) < 4.78 is 46.9. The van der Waals surface area contributed by atoms with E-state index in [9.17, 15) is 27.9 Å². The summed E-state index contributed by atoms with van der Waals surface area (Å²) in [5.41, 5.74) is 0.927. The van der Waals surface area contributed by atoms with Gasteiger partial charge in [-0.2, -0.15) is 13.2 Å². The monoisotopic (exact) mass is 583 g/mol. The van der Waals surface area contributed by atoms with Gasteiger partial charge in [-0.1, -0.05) is 49.8 Å². The molecule has 1 aliphatic heterocycles. The van der Waals surface area contributed by atoms with Gasteiger partial charge in [0.15, 0.2) is 5.78 Å². The Morgan fingerprint density at radius 2 is 1.93 bits per heavy atom. The van der Waals surface area contributed by atoms with Gasteiger partial charge < -0.3 is 14.7 Å². The molecule has 2 aromatic rings. The summed E-state index contributed by atoms with van der Waals surface area (Å²) in [4.78, 5) is 28.8. The third kappa shape index (κ3) is 5.62. The number of ketones is 1. The Bertz CT molecular complexity index is 1390. The molecule has 2 fully saturated rings. The summed E-state index contributed by atoms with van der Waals surface area (Å²) in [5, 5.41) is 10.8. The molecule has 1 N–H and O–H groups in total. The van der Waals surface area contributed by atoms with Gasteiger partial charge in [0.2, 0.25) is 0 Å². The highest BCUT2D eigenvalue weighted by atomic mass is 19.4. The van der Waals surface area contributed by atoms with E-state index in [4.69, 9.17) is 4.74 Å². The average Bonchev–Trinajstić information content (AvgIpc) is 3.41. The molecule has 8 heteroatoms. The molecular weight excluding hydrogens is 543 g/mol. The Morgan fingerprint density at radius 1 is 1.14 bits per heavy atom. The maximum atomic E-state index is 14.1. The summed E-state index contributed by atoms with van der Waals surface area (Å²) in [6, 6.07) is 10.2. The van der Waals surface area contributed by atoms with E-state index in [1.165, 1.54) is 17.7 Å². The predicted octanol–water partition coefficient (Wildman–Crippen LogP) is 7.84. The standard InChI is InChI=1S/C34H40F3NO4/c1-4-17-38-21-33(42-31(38)41)16-14-29-27-13-11-23(18-26(39)12-10-22(2)7-6-15-32(29,33)3)19-28(27)30(40)24-8-5-9-25(20-24)34(35,36)37/h5,7-9,11,13,19-20,26,29,39H,4,6,10,12,14-18,21H2,1-3H3/t26-,29-,32-,33+/m0/s1. The number of carbonyl (C=O) groups is 2. The maximum Gasteiger partial charge on any atom is 0.416 e. The van der Waals surface area contributed by atoms with Crippen molar-refractivity contribution < 1.29 is 32.6 Å². The number of nitrogens with zero attached hydrogens (tertiary/aromatic N) is 1. The van der Waals surface area contributed by atoms with Crippen LogP contribution in [-0.2, 0) is 17.3 Å². The van der Waals surface area contributed by atoms with Gasteiger partial charge in [0, 0.05) is 23.1 Å². The number of aliphatic hydroxyl groups excluding tert-OH is 1. The molecule has 0 aromatic heterocycles. The Hall–Kier alpha value is -3.13. The number of hydrogen-bond acceptors (Lipinski definition) is 4. The van der Waals surface area contributed by atoms with Crippen LogP contribution in [0.4, 0.5) is 18.0 Å². The van der Waals surface area contributed by atoms with Crippen LogP contribution in [0.2, 0.25) is 0 Å². The van der Waals surface area contributed by atoms with E-state index >= 15 is 0 Å². The minimum absolute atomic E-state index is 0.0284. The number of aliphatic hydroxyl groups is 1. The lowest BCUT2D eigenvalue weighted by Crippen LogP contribution is -2.48. The van der Waals surface area contributed by atoms with Crippen LogP contribution in [-0.4, -0.2) is 46.7 Å². The number of amides is 1. The van der Waals surface area contributed by atoms with E-state index in [1.54, 1.807) is 11.0 Å². The van der Waals surface area contributed by atoms with Crippen molar-refractivity contribution in [3.63, 3.8) is 0 Å². The molecule has 5 nitrogen and oxygen atoms in total. The van der Waals surface area contributed by atoms with Gasteiger partial charge in [-0.3, -0.25) is 4.79 Å². The number of fused-ring (bicyclic) bond motifs is 8. The molecule has 0 unspecified atom stereocenters. The number of alkyl halides is 3. The zero-order chi connectivity index (χ0) is 30.3. The molecule has 1 saturated heterocycles. The van der Waals surface area contributed by atoms with Gasteiger partial charge in [-0.25, -0.2) is 4.79 Å². The molecule has 6 rings (SSSR count). The molecule has 0 radical (unpaired) electrons. The number of carbonyl (C=O) groups excluding carboxylic acids is 2. The van der Waals surface area contributed by atoms with Crippen molar-refractivity contribution >= 4 is 11.9 Å². The fourth-order valence-electron chi connectivity index (χ4n) is 7.42.